The number of carbonyl (C=O) groups is 1. The normalized spacial score (nSPS) is 10.6. The molecule has 2 N–H and O–H groups in total. The van der Waals surface area contributed by atoms with E-state index < -0.39 is 0 Å². The number of rotatable bonds is 7. The monoisotopic (exact) mass is 375 g/mol. The van der Waals surface area contributed by atoms with Gasteiger partial charge < -0.3 is 10.1 Å². The molecule has 3 rings (SSSR count). The van der Waals surface area contributed by atoms with Crippen molar-refractivity contribution in [2.75, 3.05) is 18.2 Å². The minimum absolute atomic E-state index is 0.136. The van der Waals surface area contributed by atoms with E-state index in [1.54, 1.807) is 7.11 Å². The zero-order valence-corrected chi connectivity index (χ0v) is 15.4. The zero-order valence-electron chi connectivity index (χ0n) is 13.8. The van der Waals surface area contributed by atoms with Crippen LogP contribution in [0.3, 0.4) is 0 Å². The van der Waals surface area contributed by atoms with Crippen LogP contribution in [0, 0.1) is 0 Å². The van der Waals surface area contributed by atoms with Crippen molar-refractivity contribution in [1.29, 1.82) is 0 Å². The highest BCUT2D eigenvalue weighted by atomic mass is 32.2. The Morgan fingerprint density at radius 1 is 1.32 bits per heavy atom. The van der Waals surface area contributed by atoms with Gasteiger partial charge in [-0.25, -0.2) is 9.97 Å². The van der Waals surface area contributed by atoms with E-state index in [1.165, 1.54) is 23.1 Å². The molecule has 0 fully saturated rings. The molecule has 0 saturated heterocycles. The second kappa shape index (κ2) is 8.13. The molecule has 0 atom stereocenters. The standard InChI is InChI=1S/C16H17N5O2S2/c1-3-13-18-16(21-20-13)25-9-14(22)19-15-17-12(8-24-15)10-4-6-11(23-2)7-5-10/h4-8H,3,9H2,1-2H3,(H,17,19,22)(H,18,20,21). The number of amides is 1. The van der Waals surface area contributed by atoms with Gasteiger partial charge in [-0.2, -0.15) is 0 Å². The van der Waals surface area contributed by atoms with E-state index in [2.05, 4.69) is 25.5 Å². The summed E-state index contributed by atoms with van der Waals surface area (Å²) in [5.74, 6) is 1.71. The first-order valence-corrected chi connectivity index (χ1v) is 9.48. The van der Waals surface area contributed by atoms with Gasteiger partial charge in [0.1, 0.15) is 11.6 Å². The smallest absolute Gasteiger partial charge is 0.236 e. The molecule has 2 aromatic heterocycles. The number of hydrogen-bond donors (Lipinski definition) is 2. The molecule has 9 heteroatoms. The second-order valence-electron chi connectivity index (χ2n) is 5.02. The summed E-state index contributed by atoms with van der Waals surface area (Å²) in [5, 5.41) is 12.7. The van der Waals surface area contributed by atoms with Crippen LogP contribution in [0.2, 0.25) is 0 Å². The molecule has 0 saturated carbocycles. The van der Waals surface area contributed by atoms with Crippen LogP contribution in [0.5, 0.6) is 5.75 Å². The summed E-state index contributed by atoms with van der Waals surface area (Å²) in [5.41, 5.74) is 1.79. The Labute approximate surface area is 153 Å². The maximum absolute atomic E-state index is 12.0. The van der Waals surface area contributed by atoms with Gasteiger partial charge in [0.2, 0.25) is 11.1 Å². The highest BCUT2D eigenvalue weighted by molar-refractivity contribution is 7.99. The van der Waals surface area contributed by atoms with E-state index in [4.69, 9.17) is 4.74 Å². The number of hydrogen-bond acceptors (Lipinski definition) is 7. The lowest BCUT2D eigenvalue weighted by Gasteiger charge is -2.01. The number of thioether (sulfide) groups is 1. The van der Waals surface area contributed by atoms with Crippen molar-refractivity contribution in [1.82, 2.24) is 20.2 Å². The first kappa shape index (κ1) is 17.4. The van der Waals surface area contributed by atoms with Crippen molar-refractivity contribution in [2.45, 2.75) is 18.5 Å². The van der Waals surface area contributed by atoms with Crippen LogP contribution < -0.4 is 10.1 Å². The lowest BCUT2D eigenvalue weighted by molar-refractivity contribution is -0.113. The number of ether oxygens (including phenoxy) is 1. The van der Waals surface area contributed by atoms with Crippen molar-refractivity contribution >= 4 is 34.1 Å². The maximum Gasteiger partial charge on any atom is 0.236 e. The van der Waals surface area contributed by atoms with E-state index >= 15 is 0 Å². The average Bonchev–Trinajstić information content (AvgIpc) is 3.29. The lowest BCUT2D eigenvalue weighted by Crippen LogP contribution is -2.13. The van der Waals surface area contributed by atoms with Crippen LogP contribution in [-0.2, 0) is 11.2 Å². The number of H-pyrrole nitrogens is 1. The Morgan fingerprint density at radius 2 is 2.12 bits per heavy atom. The molecule has 0 aliphatic rings. The topological polar surface area (TPSA) is 92.8 Å². The quantitative estimate of drug-likeness (QED) is 0.616. The van der Waals surface area contributed by atoms with Gasteiger partial charge in [0.05, 0.1) is 18.6 Å². The molecular weight excluding hydrogens is 358 g/mol. The number of methoxy groups -OCH3 is 1. The summed E-state index contributed by atoms with van der Waals surface area (Å²) < 4.78 is 5.15. The number of benzene rings is 1. The van der Waals surface area contributed by atoms with E-state index in [0.717, 1.165) is 29.3 Å². The third-order valence-corrected chi connectivity index (χ3v) is 4.92. The van der Waals surface area contributed by atoms with E-state index in [-0.39, 0.29) is 11.7 Å². The molecule has 7 nitrogen and oxygen atoms in total. The van der Waals surface area contributed by atoms with Crippen molar-refractivity contribution in [3.8, 4) is 17.0 Å². The summed E-state index contributed by atoms with van der Waals surface area (Å²) in [6, 6.07) is 7.63. The Morgan fingerprint density at radius 3 is 2.80 bits per heavy atom. The van der Waals surface area contributed by atoms with Gasteiger partial charge in [-0.15, -0.1) is 16.4 Å². The van der Waals surface area contributed by atoms with Crippen LogP contribution >= 0.6 is 23.1 Å². The number of nitrogens with one attached hydrogen (secondary N) is 2. The molecule has 0 aliphatic carbocycles. The van der Waals surface area contributed by atoms with E-state index in [1.807, 2.05) is 36.6 Å². The number of thiazole rings is 1. The summed E-state index contributed by atoms with van der Waals surface area (Å²) in [6.07, 6.45) is 0.785. The van der Waals surface area contributed by atoms with Crippen LogP contribution in [0.1, 0.15) is 12.7 Å². The molecule has 1 aromatic carbocycles. The van der Waals surface area contributed by atoms with Crippen LogP contribution in [0.15, 0.2) is 34.8 Å². The average molecular weight is 375 g/mol. The van der Waals surface area contributed by atoms with Gasteiger partial charge in [-0.05, 0) is 24.3 Å². The van der Waals surface area contributed by atoms with Crippen molar-refractivity contribution < 1.29 is 9.53 Å². The van der Waals surface area contributed by atoms with Crippen LogP contribution in [-0.4, -0.2) is 38.9 Å². The molecule has 0 spiro atoms. The molecule has 25 heavy (non-hydrogen) atoms. The molecule has 3 aromatic rings. The fourth-order valence-corrected chi connectivity index (χ4v) is 3.36. The van der Waals surface area contributed by atoms with E-state index in [9.17, 15) is 4.79 Å². The molecular formula is C16H17N5O2S2. The molecule has 130 valence electrons. The lowest BCUT2D eigenvalue weighted by atomic mass is 10.2. The van der Waals surface area contributed by atoms with Crippen molar-refractivity contribution in [2.24, 2.45) is 0 Å². The molecule has 0 bridgehead atoms. The second-order valence-corrected chi connectivity index (χ2v) is 6.82. The number of aromatic nitrogens is 4. The number of aryl methyl sites for hydroxylation is 1. The fourth-order valence-electron chi connectivity index (χ4n) is 2.01. The first-order chi connectivity index (χ1) is 12.2. The molecule has 0 unspecified atom stereocenters. The predicted molar refractivity (Wildman–Crippen MR) is 99.2 cm³/mol. The number of nitrogens with zero attached hydrogens (tertiary/aromatic N) is 3. The van der Waals surface area contributed by atoms with Crippen molar-refractivity contribution in [3.05, 3.63) is 35.5 Å². The van der Waals surface area contributed by atoms with Gasteiger partial charge in [-0.1, -0.05) is 18.7 Å². The van der Waals surface area contributed by atoms with E-state index in [0.29, 0.717) is 10.3 Å². The maximum atomic E-state index is 12.0. The Balaban J connectivity index is 1.55. The van der Waals surface area contributed by atoms with Gasteiger partial charge >= 0.3 is 0 Å². The van der Waals surface area contributed by atoms with Crippen molar-refractivity contribution in [3.63, 3.8) is 0 Å². The Bertz CT molecular complexity index is 844. The summed E-state index contributed by atoms with van der Waals surface area (Å²) in [4.78, 5) is 20.7. The molecule has 2 heterocycles. The third-order valence-electron chi connectivity index (χ3n) is 3.31. The van der Waals surface area contributed by atoms with Crippen LogP contribution in [0.25, 0.3) is 11.3 Å². The molecule has 0 aliphatic heterocycles. The van der Waals surface area contributed by atoms with Crippen LogP contribution in [0.4, 0.5) is 5.13 Å². The molecule has 0 radical (unpaired) electrons. The largest absolute Gasteiger partial charge is 0.497 e. The Hall–Kier alpha value is -2.39. The van der Waals surface area contributed by atoms with Gasteiger partial charge in [0.15, 0.2) is 5.13 Å². The summed E-state index contributed by atoms with van der Waals surface area (Å²) in [6.45, 7) is 1.99. The minimum Gasteiger partial charge on any atom is -0.497 e. The number of carbonyl (C=O) groups excluding carboxylic acids is 1. The highest BCUT2D eigenvalue weighted by Gasteiger charge is 2.10. The summed E-state index contributed by atoms with van der Waals surface area (Å²) in [7, 11) is 1.63. The van der Waals surface area contributed by atoms with Gasteiger partial charge in [0.25, 0.3) is 0 Å². The SMILES string of the molecule is CCc1nc(SCC(=O)Nc2nc(-c3ccc(OC)cc3)cs2)n[nH]1. The van der Waals surface area contributed by atoms with Gasteiger partial charge in [0, 0.05) is 17.4 Å². The first-order valence-electron chi connectivity index (χ1n) is 7.62. The fraction of sp³-hybridized carbons (Fsp3) is 0.250. The zero-order chi connectivity index (χ0) is 17.6. The molecule has 1 amide bonds. The minimum atomic E-state index is -0.136. The number of anilines is 1. The highest BCUT2D eigenvalue weighted by Crippen LogP contribution is 2.26. The predicted octanol–water partition coefficient (Wildman–Crippen LogP) is 3.23. The third kappa shape index (κ3) is 4.58. The van der Waals surface area contributed by atoms with Gasteiger partial charge in [-0.3, -0.25) is 9.89 Å². The Kier molecular flexibility index (Phi) is 5.67. The summed E-state index contributed by atoms with van der Waals surface area (Å²) >= 11 is 2.68. The number of aromatic amines is 1.